The van der Waals surface area contributed by atoms with Crippen LogP contribution in [0.3, 0.4) is 0 Å². The lowest BCUT2D eigenvalue weighted by molar-refractivity contribution is -0.198. The molecule has 0 bridgehead atoms. The standard InChI is InChI=1S/C22H18F3N5O3/c23-22(24,25)19(15-7-3-13(11-26)4-8-15)33-18-10-17(29-21(28)30-18)14-5-1-12(2-6-14)9-16(27)20(31)32/h1-8,10,16,19H,9,27H2,(H,31,32)(H2,28,29,30)/t16-,19?/m0/s1. The third kappa shape index (κ3) is 5.96. The Labute approximate surface area is 186 Å². The normalized spacial score (nSPS) is 13.1. The number of halogens is 3. The summed E-state index contributed by atoms with van der Waals surface area (Å²) < 4.78 is 46.2. The zero-order valence-electron chi connectivity index (χ0n) is 17.0. The summed E-state index contributed by atoms with van der Waals surface area (Å²) in [5, 5.41) is 17.8. The van der Waals surface area contributed by atoms with Crippen molar-refractivity contribution in [2.75, 3.05) is 5.73 Å². The summed E-state index contributed by atoms with van der Waals surface area (Å²) in [5.41, 5.74) is 12.6. The number of rotatable bonds is 7. The quantitative estimate of drug-likeness (QED) is 0.490. The molecule has 0 aliphatic rings. The van der Waals surface area contributed by atoms with E-state index in [0.29, 0.717) is 11.1 Å². The zero-order valence-corrected chi connectivity index (χ0v) is 17.0. The largest absolute Gasteiger partial charge is 0.480 e. The Balaban J connectivity index is 1.88. The molecule has 0 fully saturated rings. The Hall–Kier alpha value is -4.17. The van der Waals surface area contributed by atoms with Crippen LogP contribution in [0, 0.1) is 11.3 Å². The van der Waals surface area contributed by atoms with Gasteiger partial charge in [0.15, 0.2) is 0 Å². The molecule has 0 spiro atoms. The number of anilines is 1. The van der Waals surface area contributed by atoms with Crippen LogP contribution in [0.25, 0.3) is 11.3 Å². The van der Waals surface area contributed by atoms with E-state index in [4.69, 9.17) is 26.6 Å². The number of hydrogen-bond acceptors (Lipinski definition) is 7. The summed E-state index contributed by atoms with van der Waals surface area (Å²) in [4.78, 5) is 18.7. The Bertz CT molecular complexity index is 1180. The first-order valence-electron chi connectivity index (χ1n) is 9.52. The fourth-order valence-corrected chi connectivity index (χ4v) is 2.98. The maximum atomic E-state index is 13.7. The molecule has 1 heterocycles. The highest BCUT2D eigenvalue weighted by Gasteiger charge is 2.43. The number of aliphatic carboxylic acids is 1. The van der Waals surface area contributed by atoms with Gasteiger partial charge in [-0.25, -0.2) is 4.98 Å². The summed E-state index contributed by atoms with van der Waals surface area (Å²) in [5.74, 6) is -1.81. The van der Waals surface area contributed by atoms with Gasteiger partial charge < -0.3 is 21.3 Å². The van der Waals surface area contributed by atoms with Gasteiger partial charge in [-0.05, 0) is 24.1 Å². The molecule has 3 rings (SSSR count). The van der Waals surface area contributed by atoms with Crippen LogP contribution >= 0.6 is 0 Å². The lowest BCUT2D eigenvalue weighted by Crippen LogP contribution is -2.32. The summed E-state index contributed by atoms with van der Waals surface area (Å²) in [7, 11) is 0. The van der Waals surface area contributed by atoms with Crippen molar-refractivity contribution in [3.8, 4) is 23.2 Å². The summed E-state index contributed by atoms with van der Waals surface area (Å²) in [6.45, 7) is 0. The van der Waals surface area contributed by atoms with Crippen LogP contribution in [0.15, 0.2) is 54.6 Å². The first-order valence-corrected chi connectivity index (χ1v) is 9.52. The number of nitrogens with two attached hydrogens (primary N) is 2. The van der Waals surface area contributed by atoms with E-state index in [-0.39, 0.29) is 35.1 Å². The molecule has 0 saturated carbocycles. The molecule has 3 aromatic rings. The molecule has 1 aromatic heterocycles. The second kappa shape index (κ2) is 9.54. The SMILES string of the molecule is N#Cc1ccc(C(Oc2cc(-c3ccc(C[C@H](N)C(=O)O)cc3)nc(N)n2)C(F)(F)F)cc1. The van der Waals surface area contributed by atoms with Crippen molar-refractivity contribution in [3.05, 3.63) is 71.3 Å². The third-order valence-corrected chi connectivity index (χ3v) is 4.62. The van der Waals surface area contributed by atoms with E-state index in [0.717, 1.165) is 12.1 Å². The van der Waals surface area contributed by atoms with E-state index in [9.17, 15) is 18.0 Å². The van der Waals surface area contributed by atoms with Gasteiger partial charge >= 0.3 is 12.1 Å². The maximum absolute atomic E-state index is 13.7. The smallest absolute Gasteiger partial charge is 0.429 e. The van der Waals surface area contributed by atoms with Crippen molar-refractivity contribution in [2.45, 2.75) is 24.7 Å². The minimum absolute atomic E-state index is 0.105. The number of nitrogens with zero attached hydrogens (tertiary/aromatic N) is 3. The number of carboxylic acid groups (broad SMARTS) is 1. The van der Waals surface area contributed by atoms with Gasteiger partial charge in [0, 0.05) is 17.2 Å². The highest BCUT2D eigenvalue weighted by Crippen LogP contribution is 2.37. The number of ether oxygens (including phenoxy) is 1. The second-order valence-electron chi connectivity index (χ2n) is 7.07. The Kier molecular flexibility index (Phi) is 6.79. The number of nitrogen functional groups attached to an aromatic ring is 1. The number of alkyl halides is 3. The fourth-order valence-electron chi connectivity index (χ4n) is 2.98. The molecule has 5 N–H and O–H groups in total. The van der Waals surface area contributed by atoms with Gasteiger partial charge in [-0.1, -0.05) is 36.4 Å². The molecule has 1 unspecified atom stereocenters. The van der Waals surface area contributed by atoms with E-state index in [1.165, 1.54) is 18.2 Å². The average Bonchev–Trinajstić information content (AvgIpc) is 2.77. The molecule has 170 valence electrons. The number of aromatic nitrogens is 2. The van der Waals surface area contributed by atoms with E-state index in [2.05, 4.69) is 9.97 Å². The van der Waals surface area contributed by atoms with Crippen molar-refractivity contribution >= 4 is 11.9 Å². The summed E-state index contributed by atoms with van der Waals surface area (Å²) in [6, 6.07) is 13.3. The molecule has 0 saturated heterocycles. The predicted octanol–water partition coefficient (Wildman–Crippen LogP) is 3.23. The lowest BCUT2D eigenvalue weighted by atomic mass is 10.0. The topological polar surface area (TPSA) is 148 Å². The molecule has 33 heavy (non-hydrogen) atoms. The van der Waals surface area contributed by atoms with Crippen LogP contribution in [0.5, 0.6) is 5.88 Å². The monoisotopic (exact) mass is 457 g/mol. The molecular formula is C22H18F3N5O3. The lowest BCUT2D eigenvalue weighted by Gasteiger charge is -2.22. The van der Waals surface area contributed by atoms with E-state index in [1.54, 1.807) is 24.3 Å². The highest BCUT2D eigenvalue weighted by atomic mass is 19.4. The highest BCUT2D eigenvalue weighted by molar-refractivity contribution is 5.73. The molecule has 0 aliphatic heterocycles. The maximum Gasteiger partial charge on any atom is 0.429 e. The molecule has 2 aromatic carbocycles. The Morgan fingerprint density at radius 2 is 1.76 bits per heavy atom. The van der Waals surface area contributed by atoms with Crippen LogP contribution in [-0.4, -0.2) is 33.3 Å². The van der Waals surface area contributed by atoms with Crippen LogP contribution in [0.4, 0.5) is 19.1 Å². The van der Waals surface area contributed by atoms with Gasteiger partial charge in [0.25, 0.3) is 0 Å². The van der Waals surface area contributed by atoms with Gasteiger partial charge in [-0.2, -0.15) is 23.4 Å². The van der Waals surface area contributed by atoms with Crippen molar-refractivity contribution in [2.24, 2.45) is 5.73 Å². The molecular weight excluding hydrogens is 439 g/mol. The van der Waals surface area contributed by atoms with E-state index in [1.807, 2.05) is 6.07 Å². The van der Waals surface area contributed by atoms with Crippen molar-refractivity contribution in [1.82, 2.24) is 9.97 Å². The minimum atomic E-state index is -4.77. The first-order chi connectivity index (χ1) is 15.6. The first kappa shape index (κ1) is 23.5. The van der Waals surface area contributed by atoms with Crippen LogP contribution < -0.4 is 16.2 Å². The number of carboxylic acids is 1. The van der Waals surface area contributed by atoms with E-state index >= 15 is 0 Å². The minimum Gasteiger partial charge on any atom is -0.480 e. The van der Waals surface area contributed by atoms with Crippen LogP contribution in [0.1, 0.15) is 22.8 Å². The predicted molar refractivity (Wildman–Crippen MR) is 112 cm³/mol. The number of hydrogen-bond donors (Lipinski definition) is 3. The number of nitriles is 1. The second-order valence-corrected chi connectivity index (χ2v) is 7.07. The number of carbonyl (C=O) groups is 1. The summed E-state index contributed by atoms with van der Waals surface area (Å²) in [6.07, 6.45) is -7.00. The molecule has 11 heteroatoms. The third-order valence-electron chi connectivity index (χ3n) is 4.62. The zero-order chi connectivity index (χ0) is 24.2. The van der Waals surface area contributed by atoms with Gasteiger partial charge in [-0.15, -0.1) is 0 Å². The van der Waals surface area contributed by atoms with E-state index < -0.39 is 24.3 Å². The average molecular weight is 457 g/mol. The Morgan fingerprint density at radius 1 is 1.12 bits per heavy atom. The van der Waals surface area contributed by atoms with Crippen molar-refractivity contribution in [1.29, 1.82) is 5.26 Å². The van der Waals surface area contributed by atoms with Gasteiger partial charge in [0.2, 0.25) is 17.9 Å². The molecule has 0 radical (unpaired) electrons. The van der Waals surface area contributed by atoms with Crippen molar-refractivity contribution in [3.63, 3.8) is 0 Å². The number of benzene rings is 2. The Morgan fingerprint density at radius 3 is 2.30 bits per heavy atom. The van der Waals surface area contributed by atoms with Crippen LogP contribution in [-0.2, 0) is 11.2 Å². The van der Waals surface area contributed by atoms with Crippen LogP contribution in [0.2, 0.25) is 0 Å². The molecule has 8 nitrogen and oxygen atoms in total. The van der Waals surface area contributed by atoms with Crippen molar-refractivity contribution < 1.29 is 27.8 Å². The summed E-state index contributed by atoms with van der Waals surface area (Å²) >= 11 is 0. The molecule has 0 aliphatic carbocycles. The molecule has 0 amide bonds. The molecule has 2 atom stereocenters. The fraction of sp³-hybridized carbons (Fsp3) is 0.182. The van der Waals surface area contributed by atoms with Gasteiger partial charge in [0.05, 0.1) is 17.3 Å². The van der Waals surface area contributed by atoms with Gasteiger partial charge in [-0.3, -0.25) is 4.79 Å². The van der Waals surface area contributed by atoms with Gasteiger partial charge in [0.1, 0.15) is 6.04 Å².